The lowest BCUT2D eigenvalue weighted by Crippen LogP contribution is -2.24. The van der Waals surface area contributed by atoms with Gasteiger partial charge >= 0.3 is 5.97 Å². The van der Waals surface area contributed by atoms with Gasteiger partial charge in [-0.15, -0.1) is 11.3 Å². The Hall–Kier alpha value is -3.03. The van der Waals surface area contributed by atoms with Gasteiger partial charge in [0.15, 0.2) is 17.6 Å². The number of halogens is 1. The number of carbonyl (C=O) groups is 2. The van der Waals surface area contributed by atoms with E-state index in [2.05, 4.69) is 5.32 Å². The predicted octanol–water partition coefficient (Wildman–Crippen LogP) is 5.34. The van der Waals surface area contributed by atoms with Gasteiger partial charge in [-0.25, -0.2) is 4.79 Å². The quantitative estimate of drug-likeness (QED) is 0.538. The molecule has 0 aliphatic carbocycles. The van der Waals surface area contributed by atoms with Crippen molar-refractivity contribution >= 4 is 39.8 Å². The number of nitrogens with one attached hydrogen (secondary N) is 1. The normalized spacial score (nSPS) is 14.8. The van der Waals surface area contributed by atoms with Crippen molar-refractivity contribution in [2.45, 2.75) is 13.0 Å². The first-order valence-electron chi connectivity index (χ1n) is 9.30. The highest BCUT2D eigenvalue weighted by Gasteiger charge is 2.31. The third kappa shape index (κ3) is 4.13. The molecule has 154 valence electrons. The Morgan fingerprint density at radius 1 is 1.17 bits per heavy atom. The standard InChI is InChI=1S/C22H18ClNO5S/c1-2-27-22(26)19-15(18-11-28-16-5-3-4-6-17(16)29-18)12-30-21(19)24-20(25)13-7-9-14(23)10-8-13/h3-10,12,18H,2,11H2,1H3,(H,24,25)/t18-/m0/s1. The summed E-state index contributed by atoms with van der Waals surface area (Å²) in [6, 6.07) is 13.8. The Morgan fingerprint density at radius 2 is 1.90 bits per heavy atom. The number of benzene rings is 2. The molecule has 1 amide bonds. The maximum absolute atomic E-state index is 12.7. The number of rotatable bonds is 5. The molecule has 0 unspecified atom stereocenters. The van der Waals surface area contributed by atoms with Crippen molar-refractivity contribution in [1.29, 1.82) is 0 Å². The summed E-state index contributed by atoms with van der Waals surface area (Å²) >= 11 is 7.12. The molecule has 3 aromatic rings. The van der Waals surface area contributed by atoms with Gasteiger partial charge in [-0.1, -0.05) is 23.7 Å². The van der Waals surface area contributed by atoms with E-state index in [-0.39, 0.29) is 24.7 Å². The summed E-state index contributed by atoms with van der Waals surface area (Å²) in [5.74, 6) is 0.374. The highest BCUT2D eigenvalue weighted by molar-refractivity contribution is 7.15. The molecule has 1 aliphatic rings. The number of para-hydroxylation sites is 2. The molecule has 1 aromatic heterocycles. The van der Waals surface area contributed by atoms with Crippen molar-refractivity contribution in [3.8, 4) is 11.5 Å². The molecule has 0 fully saturated rings. The summed E-state index contributed by atoms with van der Waals surface area (Å²) in [6.45, 7) is 2.18. The van der Waals surface area contributed by atoms with Crippen LogP contribution in [-0.2, 0) is 4.74 Å². The summed E-state index contributed by atoms with van der Waals surface area (Å²) in [5.41, 5.74) is 1.31. The van der Waals surface area contributed by atoms with E-state index in [1.807, 2.05) is 18.2 Å². The van der Waals surface area contributed by atoms with Gasteiger partial charge in [0.1, 0.15) is 17.2 Å². The monoisotopic (exact) mass is 443 g/mol. The summed E-state index contributed by atoms with van der Waals surface area (Å²) in [5, 5.41) is 5.52. The number of amides is 1. The van der Waals surface area contributed by atoms with Gasteiger partial charge in [0.2, 0.25) is 0 Å². The van der Waals surface area contributed by atoms with E-state index in [0.717, 1.165) is 0 Å². The third-order valence-electron chi connectivity index (χ3n) is 4.49. The van der Waals surface area contributed by atoms with Crippen LogP contribution < -0.4 is 14.8 Å². The molecule has 8 heteroatoms. The number of thiophene rings is 1. The Labute approximate surface area is 182 Å². The molecule has 0 bridgehead atoms. The van der Waals surface area contributed by atoms with E-state index in [1.54, 1.807) is 42.6 Å². The number of hydrogen-bond acceptors (Lipinski definition) is 6. The van der Waals surface area contributed by atoms with Crippen LogP contribution in [0.4, 0.5) is 5.00 Å². The summed E-state index contributed by atoms with van der Waals surface area (Å²) in [6.07, 6.45) is -0.503. The van der Waals surface area contributed by atoms with Gasteiger partial charge < -0.3 is 19.5 Å². The van der Waals surface area contributed by atoms with Crippen molar-refractivity contribution in [2.24, 2.45) is 0 Å². The summed E-state index contributed by atoms with van der Waals surface area (Å²) in [4.78, 5) is 25.4. The molecule has 1 aliphatic heterocycles. The van der Waals surface area contributed by atoms with Crippen molar-refractivity contribution in [2.75, 3.05) is 18.5 Å². The van der Waals surface area contributed by atoms with Gasteiger partial charge in [0.25, 0.3) is 5.91 Å². The van der Waals surface area contributed by atoms with Crippen LogP contribution in [0.1, 0.15) is 39.3 Å². The number of ether oxygens (including phenoxy) is 3. The third-order valence-corrected chi connectivity index (χ3v) is 5.65. The van der Waals surface area contributed by atoms with Crippen LogP contribution in [0.2, 0.25) is 5.02 Å². The predicted molar refractivity (Wildman–Crippen MR) is 115 cm³/mol. The first-order valence-corrected chi connectivity index (χ1v) is 10.6. The molecule has 6 nitrogen and oxygen atoms in total. The maximum atomic E-state index is 12.7. The van der Waals surface area contributed by atoms with Crippen LogP contribution >= 0.6 is 22.9 Å². The minimum atomic E-state index is -0.525. The van der Waals surface area contributed by atoms with E-state index in [4.69, 9.17) is 25.8 Å². The molecule has 0 radical (unpaired) electrons. The van der Waals surface area contributed by atoms with Crippen molar-refractivity contribution < 1.29 is 23.8 Å². The average Bonchev–Trinajstić information content (AvgIpc) is 3.17. The smallest absolute Gasteiger partial charge is 0.341 e. The first kappa shape index (κ1) is 20.3. The zero-order valence-electron chi connectivity index (χ0n) is 16.0. The largest absolute Gasteiger partial charge is 0.485 e. The van der Waals surface area contributed by atoms with E-state index >= 15 is 0 Å². The second-order valence-corrected chi connectivity index (χ2v) is 7.76. The SMILES string of the molecule is CCOC(=O)c1c([C@@H]2COc3ccccc3O2)csc1NC(=O)c1ccc(Cl)cc1. The van der Waals surface area contributed by atoms with E-state index in [0.29, 0.717) is 32.6 Å². The average molecular weight is 444 g/mol. The van der Waals surface area contributed by atoms with Gasteiger partial charge in [-0.2, -0.15) is 0 Å². The maximum Gasteiger partial charge on any atom is 0.341 e. The highest BCUT2D eigenvalue weighted by atomic mass is 35.5. The van der Waals surface area contributed by atoms with Crippen LogP contribution in [0.5, 0.6) is 11.5 Å². The fraction of sp³-hybridized carbons (Fsp3) is 0.182. The molecular formula is C22H18ClNO5S. The molecule has 1 atom stereocenters. The van der Waals surface area contributed by atoms with Gasteiger partial charge in [-0.05, 0) is 43.3 Å². The fourth-order valence-electron chi connectivity index (χ4n) is 3.06. The molecule has 2 heterocycles. The van der Waals surface area contributed by atoms with E-state index < -0.39 is 12.1 Å². The molecule has 1 N–H and O–H groups in total. The molecule has 0 saturated carbocycles. The van der Waals surface area contributed by atoms with Crippen LogP contribution in [-0.4, -0.2) is 25.1 Å². The molecule has 2 aromatic carbocycles. The topological polar surface area (TPSA) is 73.9 Å². The zero-order valence-corrected chi connectivity index (χ0v) is 17.6. The van der Waals surface area contributed by atoms with Crippen LogP contribution in [0.15, 0.2) is 53.9 Å². The van der Waals surface area contributed by atoms with Gasteiger partial charge in [0, 0.05) is 21.5 Å². The Kier molecular flexibility index (Phi) is 5.92. The van der Waals surface area contributed by atoms with Crippen LogP contribution in [0.3, 0.4) is 0 Å². The lowest BCUT2D eigenvalue weighted by molar-refractivity contribution is 0.0513. The number of hydrogen-bond donors (Lipinski definition) is 1. The number of fused-ring (bicyclic) bond motifs is 1. The van der Waals surface area contributed by atoms with E-state index in [9.17, 15) is 9.59 Å². The molecule has 4 rings (SSSR count). The van der Waals surface area contributed by atoms with Crippen LogP contribution in [0.25, 0.3) is 0 Å². The Bertz CT molecular complexity index is 1080. The highest BCUT2D eigenvalue weighted by Crippen LogP contribution is 2.40. The van der Waals surface area contributed by atoms with Gasteiger partial charge in [0.05, 0.1) is 6.61 Å². The Balaban J connectivity index is 1.64. The fourth-order valence-corrected chi connectivity index (χ4v) is 4.17. The lowest BCUT2D eigenvalue weighted by atomic mass is 10.1. The zero-order chi connectivity index (χ0) is 21.1. The number of anilines is 1. The van der Waals surface area contributed by atoms with Crippen LogP contribution in [0, 0.1) is 0 Å². The molecule has 30 heavy (non-hydrogen) atoms. The lowest BCUT2D eigenvalue weighted by Gasteiger charge is -2.26. The molecule has 0 spiro atoms. The second kappa shape index (κ2) is 8.77. The summed E-state index contributed by atoms with van der Waals surface area (Å²) < 4.78 is 17.1. The Morgan fingerprint density at radius 3 is 2.63 bits per heavy atom. The first-order chi connectivity index (χ1) is 14.6. The molecule has 0 saturated heterocycles. The minimum Gasteiger partial charge on any atom is -0.485 e. The van der Waals surface area contributed by atoms with Gasteiger partial charge in [-0.3, -0.25) is 4.79 Å². The number of esters is 1. The van der Waals surface area contributed by atoms with Crippen molar-refractivity contribution in [1.82, 2.24) is 0 Å². The summed E-state index contributed by atoms with van der Waals surface area (Å²) in [7, 11) is 0. The van der Waals surface area contributed by atoms with Crippen molar-refractivity contribution in [3.05, 3.63) is 75.6 Å². The van der Waals surface area contributed by atoms with Crippen molar-refractivity contribution in [3.63, 3.8) is 0 Å². The van der Waals surface area contributed by atoms with E-state index in [1.165, 1.54) is 11.3 Å². The number of carbonyl (C=O) groups excluding carboxylic acids is 2. The second-order valence-electron chi connectivity index (χ2n) is 6.44. The minimum absolute atomic E-state index is 0.212. The molecular weight excluding hydrogens is 426 g/mol.